The summed E-state index contributed by atoms with van der Waals surface area (Å²) in [6.45, 7) is 0. The maximum atomic E-state index is 13.3. The lowest BCUT2D eigenvalue weighted by Crippen LogP contribution is -2.11. The molecule has 0 amide bonds. The predicted molar refractivity (Wildman–Crippen MR) is 133 cm³/mol. The standard InChI is InChI=1S/C24H14F6N4OS3/c1-35-17-6-4-16(5-7-17)34-20(19-3-2-8-36-19)32-33-21(34)38-22-31-18(12-37-22)13-9-14(23(25,26)27)11-15(10-13)24(28,29)30/h2-12H,1H3. The molecule has 196 valence electrons. The van der Waals surface area contributed by atoms with Gasteiger partial charge in [0.15, 0.2) is 10.2 Å². The number of alkyl halides is 6. The molecule has 0 aliphatic rings. The van der Waals surface area contributed by atoms with Gasteiger partial charge in [-0.3, -0.25) is 4.57 Å². The van der Waals surface area contributed by atoms with E-state index in [0.29, 0.717) is 33.2 Å². The van der Waals surface area contributed by atoms with Gasteiger partial charge in [-0.2, -0.15) is 26.3 Å². The van der Waals surface area contributed by atoms with Crippen molar-refractivity contribution in [1.29, 1.82) is 0 Å². The molecule has 2 aromatic carbocycles. The monoisotopic (exact) mass is 584 g/mol. The average molecular weight is 585 g/mol. The van der Waals surface area contributed by atoms with E-state index in [1.807, 2.05) is 29.6 Å². The summed E-state index contributed by atoms with van der Waals surface area (Å²) in [4.78, 5) is 5.16. The number of ether oxygens (including phenoxy) is 1. The Morgan fingerprint density at radius 3 is 2.13 bits per heavy atom. The second-order valence-electron chi connectivity index (χ2n) is 7.71. The molecule has 5 aromatic rings. The van der Waals surface area contributed by atoms with E-state index < -0.39 is 23.5 Å². The number of hydrogen-bond acceptors (Lipinski definition) is 7. The summed E-state index contributed by atoms with van der Waals surface area (Å²) in [5.74, 6) is 1.22. The van der Waals surface area contributed by atoms with Crippen LogP contribution in [-0.2, 0) is 12.4 Å². The first-order valence-electron chi connectivity index (χ1n) is 10.6. The van der Waals surface area contributed by atoms with Crippen LogP contribution in [0.4, 0.5) is 26.3 Å². The van der Waals surface area contributed by atoms with Crippen LogP contribution in [0.3, 0.4) is 0 Å². The summed E-state index contributed by atoms with van der Waals surface area (Å²) in [5.41, 5.74) is -2.37. The number of thiazole rings is 1. The molecule has 0 unspecified atom stereocenters. The van der Waals surface area contributed by atoms with Gasteiger partial charge in [0.2, 0.25) is 5.16 Å². The van der Waals surface area contributed by atoms with Crippen LogP contribution in [-0.4, -0.2) is 26.9 Å². The van der Waals surface area contributed by atoms with Crippen LogP contribution in [0, 0.1) is 0 Å². The number of hydrogen-bond donors (Lipinski definition) is 0. The first kappa shape index (κ1) is 26.3. The minimum atomic E-state index is -4.95. The van der Waals surface area contributed by atoms with Crippen molar-refractivity contribution in [1.82, 2.24) is 19.7 Å². The molecule has 38 heavy (non-hydrogen) atoms. The number of halogens is 6. The second-order valence-corrected chi connectivity index (χ2v) is 10.7. The van der Waals surface area contributed by atoms with Gasteiger partial charge < -0.3 is 4.74 Å². The van der Waals surface area contributed by atoms with Crippen LogP contribution in [0.2, 0.25) is 0 Å². The van der Waals surface area contributed by atoms with E-state index in [2.05, 4.69) is 15.2 Å². The van der Waals surface area contributed by atoms with E-state index in [-0.39, 0.29) is 17.3 Å². The number of nitrogens with zero attached hydrogens (tertiary/aromatic N) is 4. The van der Waals surface area contributed by atoms with Crippen molar-refractivity contribution in [2.45, 2.75) is 21.8 Å². The SMILES string of the molecule is COc1ccc(-n2c(Sc3nc(-c4cc(C(F)(F)F)cc(C(F)(F)F)c4)cs3)nnc2-c2cccs2)cc1. The molecule has 3 aromatic heterocycles. The number of thiophene rings is 1. The number of rotatable bonds is 6. The third-order valence-corrected chi connectivity index (χ3v) is 8.00. The molecule has 0 N–H and O–H groups in total. The van der Waals surface area contributed by atoms with Crippen molar-refractivity contribution in [3.05, 3.63) is 76.5 Å². The van der Waals surface area contributed by atoms with E-state index in [1.54, 1.807) is 23.8 Å². The van der Waals surface area contributed by atoms with Crippen molar-refractivity contribution >= 4 is 34.4 Å². The number of methoxy groups -OCH3 is 1. The zero-order valence-corrected chi connectivity index (χ0v) is 21.5. The van der Waals surface area contributed by atoms with E-state index in [1.165, 1.54) is 16.7 Å². The third-order valence-electron chi connectivity index (χ3n) is 5.25. The van der Waals surface area contributed by atoms with Gasteiger partial charge >= 0.3 is 12.4 Å². The van der Waals surface area contributed by atoms with E-state index >= 15 is 0 Å². The lowest BCUT2D eigenvalue weighted by atomic mass is 10.0. The van der Waals surface area contributed by atoms with Crippen LogP contribution < -0.4 is 4.74 Å². The molecular weight excluding hydrogens is 570 g/mol. The Bertz CT molecular complexity index is 1530. The largest absolute Gasteiger partial charge is 0.497 e. The zero-order valence-electron chi connectivity index (χ0n) is 19.0. The van der Waals surface area contributed by atoms with Gasteiger partial charge in [0.05, 0.1) is 34.5 Å². The van der Waals surface area contributed by atoms with Crippen molar-refractivity contribution in [2.24, 2.45) is 0 Å². The van der Waals surface area contributed by atoms with Gasteiger partial charge in [-0.05, 0) is 65.7 Å². The second kappa shape index (κ2) is 10.1. The summed E-state index contributed by atoms with van der Waals surface area (Å²) >= 11 is 3.64. The molecule has 0 saturated heterocycles. The van der Waals surface area contributed by atoms with Crippen molar-refractivity contribution in [3.63, 3.8) is 0 Å². The van der Waals surface area contributed by atoms with Crippen LogP contribution in [0.1, 0.15) is 11.1 Å². The summed E-state index contributed by atoms with van der Waals surface area (Å²) < 4.78 is 87.2. The fraction of sp³-hybridized carbons (Fsp3) is 0.125. The topological polar surface area (TPSA) is 52.8 Å². The van der Waals surface area contributed by atoms with Crippen LogP contribution in [0.5, 0.6) is 5.75 Å². The quantitative estimate of drug-likeness (QED) is 0.188. The van der Waals surface area contributed by atoms with E-state index in [0.717, 1.165) is 33.7 Å². The zero-order chi connectivity index (χ0) is 27.1. The Hall–Kier alpha value is -3.36. The number of benzene rings is 2. The molecule has 14 heteroatoms. The smallest absolute Gasteiger partial charge is 0.416 e. The molecule has 0 aliphatic carbocycles. The van der Waals surface area contributed by atoms with Crippen LogP contribution in [0.15, 0.2) is 74.9 Å². The molecule has 5 nitrogen and oxygen atoms in total. The highest BCUT2D eigenvalue weighted by atomic mass is 32.2. The third kappa shape index (κ3) is 5.42. The first-order chi connectivity index (χ1) is 18.0. The highest BCUT2D eigenvalue weighted by Crippen LogP contribution is 2.41. The normalized spacial score (nSPS) is 12.2. The van der Waals surface area contributed by atoms with Gasteiger partial charge in [0.25, 0.3) is 0 Å². The summed E-state index contributed by atoms with van der Waals surface area (Å²) in [6, 6.07) is 12.4. The lowest BCUT2D eigenvalue weighted by Gasteiger charge is -2.13. The molecule has 0 fully saturated rings. The molecule has 0 radical (unpaired) electrons. The molecule has 0 saturated carbocycles. The van der Waals surface area contributed by atoms with Gasteiger partial charge in [-0.25, -0.2) is 4.98 Å². The Kier molecular flexibility index (Phi) is 6.96. The maximum Gasteiger partial charge on any atom is 0.416 e. The summed E-state index contributed by atoms with van der Waals surface area (Å²) in [7, 11) is 1.55. The van der Waals surface area contributed by atoms with Gasteiger partial charge in [-0.1, -0.05) is 6.07 Å². The molecule has 0 atom stereocenters. The molecule has 0 aliphatic heterocycles. The van der Waals surface area contributed by atoms with Crippen molar-refractivity contribution in [3.8, 4) is 33.4 Å². The highest BCUT2D eigenvalue weighted by molar-refractivity contribution is 8.00. The molecular formula is C24H14F6N4OS3. The highest BCUT2D eigenvalue weighted by Gasteiger charge is 2.37. The number of aromatic nitrogens is 4. The molecule has 5 rings (SSSR count). The van der Waals surface area contributed by atoms with Gasteiger partial charge in [-0.15, -0.1) is 32.9 Å². The maximum absolute atomic E-state index is 13.3. The van der Waals surface area contributed by atoms with Crippen LogP contribution >= 0.6 is 34.4 Å². The van der Waals surface area contributed by atoms with Gasteiger partial charge in [0, 0.05) is 10.9 Å². The molecule has 3 heterocycles. The molecule has 0 spiro atoms. The van der Waals surface area contributed by atoms with Crippen molar-refractivity contribution < 1.29 is 31.1 Å². The lowest BCUT2D eigenvalue weighted by molar-refractivity contribution is -0.143. The predicted octanol–water partition coefficient (Wildman–Crippen LogP) is 8.32. The first-order valence-corrected chi connectivity index (χ1v) is 13.2. The van der Waals surface area contributed by atoms with Crippen molar-refractivity contribution in [2.75, 3.05) is 7.11 Å². The minimum absolute atomic E-state index is 0.0110. The Balaban J connectivity index is 1.52. The summed E-state index contributed by atoms with van der Waals surface area (Å²) in [5, 5.41) is 12.3. The van der Waals surface area contributed by atoms with E-state index in [9.17, 15) is 26.3 Å². The fourth-order valence-electron chi connectivity index (χ4n) is 3.48. The minimum Gasteiger partial charge on any atom is -0.497 e. The average Bonchev–Trinajstić information content (AvgIpc) is 3.64. The summed E-state index contributed by atoms with van der Waals surface area (Å²) in [6.07, 6.45) is -9.90. The van der Waals surface area contributed by atoms with Gasteiger partial charge in [0.1, 0.15) is 5.75 Å². The molecule has 0 bridgehead atoms. The Morgan fingerprint density at radius 2 is 1.55 bits per heavy atom. The van der Waals surface area contributed by atoms with Crippen LogP contribution in [0.25, 0.3) is 27.6 Å². The fourth-order valence-corrected chi connectivity index (χ4v) is 5.96. The Morgan fingerprint density at radius 1 is 0.868 bits per heavy atom. The Labute approximate surface area is 223 Å². The van der Waals surface area contributed by atoms with E-state index in [4.69, 9.17) is 4.74 Å².